The molecule has 4 aliphatic carbocycles. The maximum absolute atomic E-state index is 14.3. The van der Waals surface area contributed by atoms with Gasteiger partial charge < -0.3 is 104 Å². The molecule has 8 fully saturated rings. The molecule has 0 aromatic rings. The maximum atomic E-state index is 14.3. The first-order valence-electron chi connectivity index (χ1n) is 23.2. The number of rotatable bonds is 11. The Morgan fingerprint density at radius 1 is 0.606 bits per heavy atom. The summed E-state index contributed by atoms with van der Waals surface area (Å²) in [5.74, 6) is -0.750. The van der Waals surface area contributed by atoms with Crippen molar-refractivity contribution in [3.63, 3.8) is 0 Å². The first-order valence-corrected chi connectivity index (χ1v) is 23.2. The molecule has 2 bridgehead atoms. The van der Waals surface area contributed by atoms with Crippen molar-refractivity contribution < 1.29 is 109 Å². The van der Waals surface area contributed by atoms with E-state index in [-0.39, 0.29) is 17.3 Å². The Hall–Kier alpha value is -1.59. The van der Waals surface area contributed by atoms with Crippen LogP contribution in [0.5, 0.6) is 0 Å². The quantitative estimate of drug-likeness (QED) is 0.0532. The Labute approximate surface area is 381 Å². The van der Waals surface area contributed by atoms with Gasteiger partial charge in [0.1, 0.15) is 91.6 Å². The number of hydrogen-bond acceptors (Lipinski definition) is 22. The van der Waals surface area contributed by atoms with E-state index < -0.39 is 165 Å². The normalized spacial score (nSPS) is 55.2. The summed E-state index contributed by atoms with van der Waals surface area (Å²) >= 11 is 0. The van der Waals surface area contributed by atoms with Gasteiger partial charge in [0.15, 0.2) is 18.9 Å². The monoisotopic (exact) mass is 950 g/mol. The van der Waals surface area contributed by atoms with Crippen LogP contribution in [0.2, 0.25) is 0 Å². The van der Waals surface area contributed by atoms with Crippen LogP contribution >= 0.6 is 0 Å². The fourth-order valence-corrected chi connectivity index (χ4v) is 13.4. The van der Waals surface area contributed by atoms with Crippen LogP contribution in [0.15, 0.2) is 12.2 Å². The molecule has 1 unspecified atom stereocenters. The molecular weight excluding hydrogens is 880 g/mol. The van der Waals surface area contributed by atoms with E-state index in [9.17, 15) is 71.2 Å². The molecular formula is C44H70O22. The van der Waals surface area contributed by atoms with E-state index in [2.05, 4.69) is 13.5 Å². The van der Waals surface area contributed by atoms with Gasteiger partial charge in [-0.15, -0.1) is 0 Å². The van der Waals surface area contributed by atoms with Crippen molar-refractivity contribution in [1.29, 1.82) is 0 Å². The molecule has 13 N–H and O–H groups in total. The van der Waals surface area contributed by atoms with Gasteiger partial charge >= 0.3 is 5.97 Å². The minimum atomic E-state index is -1.92. The Morgan fingerprint density at radius 2 is 1.12 bits per heavy atom. The molecule has 8 rings (SSSR count). The Balaban J connectivity index is 1.06. The first-order chi connectivity index (χ1) is 31.1. The fraction of sp³-hybridized carbons (Fsp3) is 0.932. The van der Waals surface area contributed by atoms with Gasteiger partial charge in [-0.25, -0.2) is 0 Å². The van der Waals surface area contributed by atoms with Crippen molar-refractivity contribution in [3.8, 4) is 0 Å². The molecule has 0 radical (unpaired) electrons. The van der Waals surface area contributed by atoms with Crippen LogP contribution in [0.1, 0.15) is 78.6 Å². The number of ether oxygens (including phenoxy) is 8. The molecule has 26 atom stereocenters. The summed E-state index contributed by atoms with van der Waals surface area (Å²) in [6, 6.07) is 0. The molecule has 0 amide bonds. The third kappa shape index (κ3) is 8.30. The maximum Gasteiger partial charge on any atom is 0.314 e. The second-order valence-electron chi connectivity index (χ2n) is 20.8. The van der Waals surface area contributed by atoms with Crippen molar-refractivity contribution in [2.75, 3.05) is 19.8 Å². The zero-order chi connectivity index (χ0) is 48.0. The second kappa shape index (κ2) is 18.9. The smallest absolute Gasteiger partial charge is 0.314 e. The Kier molecular flexibility index (Phi) is 14.5. The van der Waals surface area contributed by atoms with Crippen molar-refractivity contribution in [1.82, 2.24) is 0 Å². The average molecular weight is 951 g/mol. The lowest BCUT2D eigenvalue weighted by molar-refractivity contribution is -0.398. The summed E-state index contributed by atoms with van der Waals surface area (Å²) in [6.45, 7) is 7.77. The summed E-state index contributed by atoms with van der Waals surface area (Å²) < 4.78 is 48.4. The molecule has 8 aliphatic rings. The summed E-state index contributed by atoms with van der Waals surface area (Å²) in [5, 5.41) is 137. The fourth-order valence-electron chi connectivity index (χ4n) is 13.4. The van der Waals surface area contributed by atoms with E-state index >= 15 is 0 Å². The van der Waals surface area contributed by atoms with Crippen LogP contribution in [0.25, 0.3) is 0 Å². The largest absolute Gasteiger partial charge is 0.432 e. The van der Waals surface area contributed by atoms with E-state index in [1.54, 1.807) is 0 Å². The van der Waals surface area contributed by atoms with Gasteiger partial charge in [0.25, 0.3) is 0 Å². The molecule has 4 saturated heterocycles. The predicted molar refractivity (Wildman–Crippen MR) is 218 cm³/mol. The molecule has 0 aromatic heterocycles. The SMILES string of the molecule is C=C1CC23CC[C@H]4[C@@](C)(CCC[C@@]4(C)C(=O)O[C@@H]4O[C@H](CO)[C@@H](O)[C@H](O)[C@H]4O)[C@@H]2CC[C@]1(O[C@@H]1O[C@H](CO)[C@@H](O)[C@H](O[C@@H]2O[C@H](CO)[C@@H](O)[C@H](O)[C@H]2O)[C@H]1O[C@@H]1O[C@@H](C)[C@H](O)[C@@H](O)[C@H]1O)C3. The molecule has 22 heteroatoms. The third-order valence-corrected chi connectivity index (χ3v) is 17.0. The Morgan fingerprint density at radius 3 is 1.74 bits per heavy atom. The topological polar surface area (TPSA) is 354 Å². The van der Waals surface area contributed by atoms with Gasteiger partial charge in [-0.05, 0) is 93.5 Å². The molecule has 4 heterocycles. The molecule has 1 spiro atoms. The van der Waals surface area contributed by atoms with Gasteiger partial charge in [-0.2, -0.15) is 0 Å². The minimum absolute atomic E-state index is 0.0493. The van der Waals surface area contributed by atoms with Gasteiger partial charge in [0.05, 0.1) is 36.9 Å². The number of fused-ring (bicyclic) bond motifs is 3. The minimum Gasteiger partial charge on any atom is -0.432 e. The number of aliphatic hydroxyl groups excluding tert-OH is 13. The number of aliphatic hydroxyl groups is 13. The lowest BCUT2D eigenvalue weighted by atomic mass is 9.41. The molecule has 66 heavy (non-hydrogen) atoms. The summed E-state index contributed by atoms with van der Waals surface area (Å²) in [7, 11) is 0. The van der Waals surface area contributed by atoms with E-state index in [4.69, 9.17) is 37.9 Å². The van der Waals surface area contributed by atoms with Crippen molar-refractivity contribution in [2.24, 2.45) is 28.1 Å². The standard InChI is InChI=1S/C44H70O22/c1-17-12-43-10-6-22-41(3,8-5-9-42(22,4)40(58)65-38-33(57)30(54)26(50)20(14-46)61-38)23(43)7-11-44(17,16-43)66-39-35(64-36-31(55)28(52)24(48)18(2)59-36)34(27(51)21(15-47)62-39)63-37-32(56)29(53)25(49)19(13-45)60-37/h18-39,45-57H,1,5-16H2,2-4H3/t18-,19+,20+,21+,22-,23-,24-,25+,26+,27+,28+,29-,30-,31+,32+,33+,34-,35+,36-,37-,38-,39-,41+,42+,43?,44-/m0/s1. The number of carbonyl (C=O) groups excluding carboxylic acids is 1. The number of hydrogen-bond donors (Lipinski definition) is 13. The lowest BCUT2D eigenvalue weighted by Crippen LogP contribution is -2.67. The molecule has 22 nitrogen and oxygen atoms in total. The van der Waals surface area contributed by atoms with Crippen molar-refractivity contribution in [3.05, 3.63) is 12.2 Å². The highest BCUT2D eigenvalue weighted by atomic mass is 16.8. The van der Waals surface area contributed by atoms with E-state index in [1.807, 2.05) is 6.92 Å². The molecule has 4 saturated carbocycles. The number of esters is 1. The van der Waals surface area contributed by atoms with Gasteiger partial charge in [-0.3, -0.25) is 4.79 Å². The Bertz CT molecular complexity index is 1740. The number of carbonyl (C=O) groups is 1. The van der Waals surface area contributed by atoms with Crippen LogP contribution in [0.4, 0.5) is 0 Å². The van der Waals surface area contributed by atoms with E-state index in [0.717, 1.165) is 12.0 Å². The van der Waals surface area contributed by atoms with E-state index in [1.165, 1.54) is 6.92 Å². The second-order valence-corrected chi connectivity index (χ2v) is 20.8. The van der Waals surface area contributed by atoms with Gasteiger partial charge in [0.2, 0.25) is 6.29 Å². The molecule has 378 valence electrons. The van der Waals surface area contributed by atoms with Crippen LogP contribution in [-0.2, 0) is 42.7 Å². The highest BCUT2D eigenvalue weighted by Crippen LogP contribution is 2.73. The van der Waals surface area contributed by atoms with Crippen molar-refractivity contribution >= 4 is 5.97 Å². The zero-order valence-electron chi connectivity index (χ0n) is 37.4. The van der Waals surface area contributed by atoms with E-state index in [0.29, 0.717) is 51.4 Å². The van der Waals surface area contributed by atoms with Crippen LogP contribution in [0, 0.1) is 28.1 Å². The summed E-state index contributed by atoms with van der Waals surface area (Å²) in [4.78, 5) is 14.3. The molecule has 4 aliphatic heterocycles. The van der Waals surface area contributed by atoms with Gasteiger partial charge in [-0.1, -0.05) is 19.9 Å². The van der Waals surface area contributed by atoms with Gasteiger partial charge in [0, 0.05) is 0 Å². The predicted octanol–water partition coefficient (Wildman–Crippen LogP) is -4.09. The van der Waals surface area contributed by atoms with Crippen LogP contribution in [-0.4, -0.2) is 221 Å². The molecule has 0 aromatic carbocycles. The zero-order valence-corrected chi connectivity index (χ0v) is 37.4. The van der Waals surface area contributed by atoms with Crippen LogP contribution in [0.3, 0.4) is 0 Å². The van der Waals surface area contributed by atoms with Crippen molar-refractivity contribution in [2.45, 2.75) is 207 Å². The summed E-state index contributed by atoms with van der Waals surface area (Å²) in [5.41, 5.74) is -2.19. The van der Waals surface area contributed by atoms with Crippen LogP contribution < -0.4 is 0 Å². The average Bonchev–Trinajstić information content (AvgIpc) is 3.48. The third-order valence-electron chi connectivity index (χ3n) is 17.0. The highest BCUT2D eigenvalue weighted by molar-refractivity contribution is 5.77. The first kappa shape index (κ1) is 50.8. The lowest BCUT2D eigenvalue weighted by Gasteiger charge is -2.64. The highest BCUT2D eigenvalue weighted by Gasteiger charge is 2.70. The summed E-state index contributed by atoms with van der Waals surface area (Å²) in [6.07, 6.45) is -27.4.